The van der Waals surface area contributed by atoms with E-state index in [1.165, 1.54) is 18.2 Å². The van der Waals surface area contributed by atoms with Gasteiger partial charge in [-0.1, -0.05) is 24.3 Å². The molecule has 0 aliphatic heterocycles. The summed E-state index contributed by atoms with van der Waals surface area (Å²) in [4.78, 5) is 11.4. The van der Waals surface area contributed by atoms with Gasteiger partial charge in [0.05, 0.1) is 13.5 Å². The van der Waals surface area contributed by atoms with Gasteiger partial charge in [0.25, 0.3) is 0 Å². The van der Waals surface area contributed by atoms with Crippen molar-refractivity contribution in [3.05, 3.63) is 35.4 Å². The number of esters is 1. The van der Waals surface area contributed by atoms with E-state index in [9.17, 15) is 4.79 Å². The average molecular weight is 219 g/mol. The van der Waals surface area contributed by atoms with Crippen molar-refractivity contribution in [3.8, 4) is 0 Å². The van der Waals surface area contributed by atoms with Gasteiger partial charge in [0.15, 0.2) is 0 Å². The first-order valence-electron chi connectivity index (χ1n) is 5.52. The zero-order valence-electron chi connectivity index (χ0n) is 9.75. The average Bonchev–Trinajstić information content (AvgIpc) is 2.67. The molecule has 1 aromatic carbocycles. The van der Waals surface area contributed by atoms with Gasteiger partial charge in [-0.3, -0.25) is 4.79 Å². The lowest BCUT2D eigenvalue weighted by atomic mass is 9.92. The normalized spacial score (nSPS) is 16.9. The third-order valence-corrected chi connectivity index (χ3v) is 3.42. The molecule has 1 aromatic rings. The number of likely N-dealkylation sites (N-methyl/N-ethyl adjacent to an activating group) is 1. The molecule has 3 nitrogen and oxygen atoms in total. The van der Waals surface area contributed by atoms with Crippen LogP contribution in [-0.2, 0) is 22.4 Å². The molecule has 2 rings (SSSR count). The summed E-state index contributed by atoms with van der Waals surface area (Å²) in [6.45, 7) is 0. The van der Waals surface area contributed by atoms with E-state index in [1.807, 2.05) is 19.2 Å². The molecule has 0 saturated carbocycles. The summed E-state index contributed by atoms with van der Waals surface area (Å²) in [5.41, 5.74) is 2.51. The standard InChI is InChI=1S/C13H17NO2/c1-14-13(9-12(15)16-2)7-10-5-3-4-6-11(10)8-13/h3-6,14H,7-9H2,1-2H3. The summed E-state index contributed by atoms with van der Waals surface area (Å²) >= 11 is 0. The number of methoxy groups -OCH3 is 1. The molecule has 86 valence electrons. The summed E-state index contributed by atoms with van der Waals surface area (Å²) in [5, 5.41) is 3.29. The van der Waals surface area contributed by atoms with Gasteiger partial charge in [-0.2, -0.15) is 0 Å². The molecule has 0 spiro atoms. The van der Waals surface area contributed by atoms with Gasteiger partial charge >= 0.3 is 5.97 Å². The number of benzene rings is 1. The Balaban J connectivity index is 2.19. The van der Waals surface area contributed by atoms with E-state index in [1.54, 1.807) is 0 Å². The predicted molar refractivity (Wildman–Crippen MR) is 62.3 cm³/mol. The van der Waals surface area contributed by atoms with Gasteiger partial charge in [0.2, 0.25) is 0 Å². The van der Waals surface area contributed by atoms with Crippen LogP contribution in [0.1, 0.15) is 17.5 Å². The van der Waals surface area contributed by atoms with E-state index in [4.69, 9.17) is 4.74 Å². The highest BCUT2D eigenvalue weighted by Gasteiger charge is 2.37. The molecule has 1 aliphatic carbocycles. The Morgan fingerprint density at radius 3 is 2.38 bits per heavy atom. The van der Waals surface area contributed by atoms with E-state index >= 15 is 0 Å². The Labute approximate surface area is 95.8 Å². The maximum atomic E-state index is 11.4. The smallest absolute Gasteiger partial charge is 0.307 e. The quantitative estimate of drug-likeness (QED) is 0.779. The molecular formula is C13H17NO2. The first-order chi connectivity index (χ1) is 7.69. The number of rotatable bonds is 3. The van der Waals surface area contributed by atoms with Gasteiger partial charge in [0, 0.05) is 5.54 Å². The molecule has 0 saturated heterocycles. The summed E-state index contributed by atoms with van der Waals surface area (Å²) in [6, 6.07) is 8.35. The number of fused-ring (bicyclic) bond motifs is 1. The van der Waals surface area contributed by atoms with E-state index in [0.717, 1.165) is 12.8 Å². The minimum atomic E-state index is -0.156. The lowest BCUT2D eigenvalue weighted by Crippen LogP contribution is -2.45. The van der Waals surface area contributed by atoms with Crippen molar-refractivity contribution in [2.75, 3.05) is 14.2 Å². The zero-order valence-corrected chi connectivity index (χ0v) is 9.75. The summed E-state index contributed by atoms with van der Waals surface area (Å²) in [6.07, 6.45) is 2.22. The Kier molecular flexibility index (Phi) is 2.97. The van der Waals surface area contributed by atoms with Crippen molar-refractivity contribution in [2.45, 2.75) is 24.8 Å². The molecule has 0 bridgehead atoms. The highest BCUT2D eigenvalue weighted by atomic mass is 16.5. The third kappa shape index (κ3) is 1.95. The van der Waals surface area contributed by atoms with Gasteiger partial charge < -0.3 is 10.1 Å². The van der Waals surface area contributed by atoms with Crippen molar-refractivity contribution in [1.82, 2.24) is 5.32 Å². The van der Waals surface area contributed by atoms with Crippen LogP contribution >= 0.6 is 0 Å². The van der Waals surface area contributed by atoms with Crippen LogP contribution in [0.25, 0.3) is 0 Å². The van der Waals surface area contributed by atoms with Crippen molar-refractivity contribution in [1.29, 1.82) is 0 Å². The SMILES string of the molecule is CNC1(CC(=O)OC)Cc2ccccc2C1. The molecule has 1 N–H and O–H groups in total. The minimum absolute atomic E-state index is 0.151. The number of nitrogens with one attached hydrogen (secondary N) is 1. The Morgan fingerprint density at radius 2 is 1.94 bits per heavy atom. The van der Waals surface area contributed by atoms with Crippen molar-refractivity contribution >= 4 is 5.97 Å². The molecule has 3 heteroatoms. The summed E-state index contributed by atoms with van der Waals surface area (Å²) in [7, 11) is 3.35. The predicted octanol–water partition coefficient (Wildman–Crippen LogP) is 1.31. The topological polar surface area (TPSA) is 38.3 Å². The fourth-order valence-corrected chi connectivity index (χ4v) is 2.43. The molecule has 0 amide bonds. The van der Waals surface area contributed by atoms with E-state index in [-0.39, 0.29) is 11.5 Å². The number of hydrogen-bond acceptors (Lipinski definition) is 3. The van der Waals surface area contributed by atoms with Crippen molar-refractivity contribution in [3.63, 3.8) is 0 Å². The summed E-state index contributed by atoms with van der Waals surface area (Å²) < 4.78 is 4.76. The maximum Gasteiger partial charge on any atom is 0.307 e. The lowest BCUT2D eigenvalue weighted by molar-refractivity contribution is -0.142. The largest absolute Gasteiger partial charge is 0.469 e. The molecule has 0 unspecified atom stereocenters. The third-order valence-electron chi connectivity index (χ3n) is 3.42. The highest BCUT2D eigenvalue weighted by molar-refractivity contribution is 5.71. The van der Waals surface area contributed by atoms with Crippen LogP contribution < -0.4 is 5.32 Å². The number of ether oxygens (including phenoxy) is 1. The molecule has 16 heavy (non-hydrogen) atoms. The van der Waals surface area contributed by atoms with Crippen LogP contribution in [0.15, 0.2) is 24.3 Å². The van der Waals surface area contributed by atoms with Crippen LogP contribution in [0.3, 0.4) is 0 Å². The maximum absolute atomic E-state index is 11.4. The zero-order chi connectivity index (χ0) is 11.6. The minimum Gasteiger partial charge on any atom is -0.469 e. The van der Waals surface area contributed by atoms with Crippen LogP contribution in [0.4, 0.5) is 0 Å². The Morgan fingerprint density at radius 1 is 1.38 bits per heavy atom. The molecule has 0 atom stereocenters. The lowest BCUT2D eigenvalue weighted by Gasteiger charge is -2.27. The molecule has 0 radical (unpaired) electrons. The first kappa shape index (κ1) is 11.1. The van der Waals surface area contributed by atoms with Crippen LogP contribution in [0.2, 0.25) is 0 Å². The van der Waals surface area contributed by atoms with Gasteiger partial charge in [0.1, 0.15) is 0 Å². The molecule has 0 heterocycles. The monoisotopic (exact) mass is 219 g/mol. The van der Waals surface area contributed by atoms with Gasteiger partial charge in [-0.25, -0.2) is 0 Å². The highest BCUT2D eigenvalue weighted by Crippen LogP contribution is 2.32. The second kappa shape index (κ2) is 4.26. The van der Waals surface area contributed by atoms with Gasteiger partial charge in [-0.05, 0) is 31.0 Å². The molecule has 0 fully saturated rings. The van der Waals surface area contributed by atoms with Crippen LogP contribution in [-0.4, -0.2) is 25.7 Å². The summed E-state index contributed by atoms with van der Waals surface area (Å²) in [5.74, 6) is -0.151. The van der Waals surface area contributed by atoms with E-state index in [2.05, 4.69) is 17.4 Å². The second-order valence-electron chi connectivity index (χ2n) is 4.41. The number of carbonyl (C=O) groups is 1. The fourth-order valence-electron chi connectivity index (χ4n) is 2.43. The fraction of sp³-hybridized carbons (Fsp3) is 0.462. The Bertz CT molecular complexity index is 376. The van der Waals surface area contributed by atoms with Gasteiger partial charge in [-0.15, -0.1) is 0 Å². The van der Waals surface area contributed by atoms with Crippen molar-refractivity contribution < 1.29 is 9.53 Å². The number of carbonyl (C=O) groups excluding carboxylic acids is 1. The van der Waals surface area contributed by atoms with E-state index < -0.39 is 0 Å². The van der Waals surface area contributed by atoms with Crippen LogP contribution in [0.5, 0.6) is 0 Å². The van der Waals surface area contributed by atoms with Crippen LogP contribution in [0, 0.1) is 0 Å². The Hall–Kier alpha value is -1.35. The number of hydrogen-bond donors (Lipinski definition) is 1. The van der Waals surface area contributed by atoms with E-state index in [0.29, 0.717) is 6.42 Å². The van der Waals surface area contributed by atoms with Crippen molar-refractivity contribution in [2.24, 2.45) is 0 Å². The molecule has 1 aliphatic rings. The second-order valence-corrected chi connectivity index (χ2v) is 4.41. The molecule has 0 aromatic heterocycles. The molecular weight excluding hydrogens is 202 g/mol. The first-order valence-corrected chi connectivity index (χ1v) is 5.52.